The molecule has 0 aliphatic heterocycles. The average Bonchev–Trinajstić information content (AvgIpc) is 3.02. The van der Waals surface area contributed by atoms with Crippen LogP contribution in [0.4, 0.5) is 0 Å². The summed E-state index contributed by atoms with van der Waals surface area (Å²) in [6.07, 6.45) is 4.98. The zero-order valence-corrected chi connectivity index (χ0v) is 16.1. The van der Waals surface area contributed by atoms with E-state index >= 15 is 0 Å². The molecule has 1 saturated carbocycles. The third kappa shape index (κ3) is 3.82. The van der Waals surface area contributed by atoms with Gasteiger partial charge in [-0.05, 0) is 46.9 Å². The van der Waals surface area contributed by atoms with Gasteiger partial charge >= 0.3 is 0 Å². The summed E-state index contributed by atoms with van der Waals surface area (Å²) < 4.78 is 0. The van der Waals surface area contributed by atoms with Crippen molar-refractivity contribution in [2.45, 2.75) is 70.8 Å². The van der Waals surface area contributed by atoms with Gasteiger partial charge in [-0.25, -0.2) is 0 Å². The van der Waals surface area contributed by atoms with Gasteiger partial charge in [-0.2, -0.15) is 0 Å². The molecular formula is C24H31O. The lowest BCUT2D eigenvalue weighted by atomic mass is 9.72. The van der Waals surface area contributed by atoms with Gasteiger partial charge in [0.05, 0.1) is 5.60 Å². The Labute approximate surface area is 153 Å². The Morgan fingerprint density at radius 1 is 0.960 bits per heavy atom. The molecule has 0 spiro atoms. The van der Waals surface area contributed by atoms with Crippen LogP contribution in [0.1, 0.15) is 75.6 Å². The molecule has 0 heterocycles. The first-order valence-electron chi connectivity index (χ1n) is 9.54. The van der Waals surface area contributed by atoms with Crippen molar-refractivity contribution < 1.29 is 5.11 Å². The Hall–Kier alpha value is -1.60. The van der Waals surface area contributed by atoms with Crippen molar-refractivity contribution in [2.24, 2.45) is 0 Å². The zero-order chi connectivity index (χ0) is 18.1. The smallest absolute Gasteiger partial charge is 0.0751 e. The minimum atomic E-state index is -0.620. The summed E-state index contributed by atoms with van der Waals surface area (Å²) in [5.41, 5.74) is 4.77. The van der Waals surface area contributed by atoms with E-state index in [1.807, 2.05) is 0 Å². The number of benzene rings is 2. The van der Waals surface area contributed by atoms with Crippen molar-refractivity contribution >= 4 is 0 Å². The van der Waals surface area contributed by atoms with Crippen molar-refractivity contribution in [3.63, 3.8) is 0 Å². The predicted octanol–water partition coefficient (Wildman–Crippen LogP) is 5.82. The number of hydrogen-bond acceptors (Lipinski definition) is 1. The normalized spacial score (nSPS) is 17.2. The van der Waals surface area contributed by atoms with E-state index < -0.39 is 5.60 Å². The second kappa shape index (κ2) is 6.96. The summed E-state index contributed by atoms with van der Waals surface area (Å²) in [5.74, 6) is 1.16. The van der Waals surface area contributed by atoms with Crippen molar-refractivity contribution in [3.8, 4) is 0 Å². The van der Waals surface area contributed by atoms with Crippen LogP contribution in [-0.4, -0.2) is 10.7 Å². The summed E-state index contributed by atoms with van der Waals surface area (Å²) in [5, 5.41) is 11.1. The van der Waals surface area contributed by atoms with E-state index in [0.29, 0.717) is 0 Å². The monoisotopic (exact) mass is 335 g/mol. The number of rotatable bonds is 4. The molecule has 1 heteroatoms. The molecule has 1 aliphatic rings. The number of aliphatic hydroxyl groups is 1. The molecule has 1 fully saturated rings. The predicted molar refractivity (Wildman–Crippen MR) is 106 cm³/mol. The van der Waals surface area contributed by atoms with Crippen LogP contribution in [0.5, 0.6) is 0 Å². The first-order valence-corrected chi connectivity index (χ1v) is 9.54. The van der Waals surface area contributed by atoms with Gasteiger partial charge in [0.1, 0.15) is 0 Å². The van der Waals surface area contributed by atoms with Gasteiger partial charge in [0.2, 0.25) is 0 Å². The summed E-state index contributed by atoms with van der Waals surface area (Å²) in [6, 6.07) is 17.3. The van der Waals surface area contributed by atoms with Crippen molar-refractivity contribution in [3.05, 3.63) is 76.7 Å². The Kier molecular flexibility index (Phi) is 5.06. The molecular weight excluding hydrogens is 304 g/mol. The highest BCUT2D eigenvalue weighted by atomic mass is 16.3. The standard InChI is InChI=1S/C24H31O/c1-18(24(25)15-8-9-16-24)21-14-10-13-20(22(21)23(2,3)4)17-19-11-6-5-7-12-19/h5-7,10-14,25H,8-9,15-17H2,1-4H3. The van der Waals surface area contributed by atoms with Gasteiger partial charge in [-0.1, -0.05) is 89.1 Å². The second-order valence-electron chi connectivity index (χ2n) is 8.62. The SMILES string of the molecule is C[C](c1cccc(Cc2ccccc2)c1C(C)(C)C)C1(O)CCCC1. The second-order valence-corrected chi connectivity index (χ2v) is 8.62. The zero-order valence-electron chi connectivity index (χ0n) is 16.1. The van der Waals surface area contributed by atoms with Gasteiger partial charge in [0.25, 0.3) is 0 Å². The fraction of sp³-hybridized carbons (Fsp3) is 0.458. The fourth-order valence-electron chi connectivity index (χ4n) is 4.35. The maximum absolute atomic E-state index is 11.1. The molecule has 0 aromatic heterocycles. The van der Waals surface area contributed by atoms with Crippen LogP contribution in [0.3, 0.4) is 0 Å². The molecule has 0 amide bonds. The van der Waals surface area contributed by atoms with E-state index in [4.69, 9.17) is 0 Å². The van der Waals surface area contributed by atoms with E-state index in [-0.39, 0.29) is 5.41 Å². The molecule has 0 saturated heterocycles. The third-order valence-corrected chi connectivity index (χ3v) is 5.67. The molecule has 25 heavy (non-hydrogen) atoms. The minimum Gasteiger partial charge on any atom is -0.389 e. The van der Waals surface area contributed by atoms with Crippen LogP contribution in [0, 0.1) is 5.92 Å². The van der Waals surface area contributed by atoms with Crippen LogP contribution in [0.2, 0.25) is 0 Å². The highest BCUT2D eigenvalue weighted by Crippen LogP contribution is 2.44. The highest BCUT2D eigenvalue weighted by Gasteiger charge is 2.40. The molecule has 2 aromatic carbocycles. The first kappa shape index (κ1) is 18.2. The molecule has 2 aromatic rings. The van der Waals surface area contributed by atoms with E-state index in [1.165, 1.54) is 22.3 Å². The Balaban J connectivity index is 2.05. The third-order valence-electron chi connectivity index (χ3n) is 5.67. The molecule has 0 bridgehead atoms. The van der Waals surface area contributed by atoms with Crippen molar-refractivity contribution in [1.29, 1.82) is 0 Å². The van der Waals surface area contributed by atoms with Gasteiger partial charge in [-0.3, -0.25) is 0 Å². The summed E-state index contributed by atoms with van der Waals surface area (Å²) >= 11 is 0. The van der Waals surface area contributed by atoms with Crippen molar-refractivity contribution in [2.75, 3.05) is 0 Å². The fourth-order valence-corrected chi connectivity index (χ4v) is 4.35. The highest BCUT2D eigenvalue weighted by molar-refractivity contribution is 5.50. The molecule has 1 N–H and O–H groups in total. The summed E-state index contributed by atoms with van der Waals surface area (Å²) in [4.78, 5) is 0. The maximum Gasteiger partial charge on any atom is 0.0751 e. The summed E-state index contributed by atoms with van der Waals surface area (Å²) in [7, 11) is 0. The minimum absolute atomic E-state index is 0.0386. The largest absolute Gasteiger partial charge is 0.389 e. The Bertz CT molecular complexity index is 703. The Morgan fingerprint density at radius 3 is 2.20 bits per heavy atom. The molecule has 0 unspecified atom stereocenters. The molecule has 1 radical (unpaired) electrons. The lowest BCUT2D eigenvalue weighted by molar-refractivity contribution is 0.0675. The lowest BCUT2D eigenvalue weighted by Crippen LogP contribution is -2.34. The topological polar surface area (TPSA) is 20.2 Å². The van der Waals surface area contributed by atoms with Crippen LogP contribution >= 0.6 is 0 Å². The first-order chi connectivity index (χ1) is 11.8. The van der Waals surface area contributed by atoms with E-state index in [1.54, 1.807) is 0 Å². The molecule has 0 atom stereocenters. The van der Waals surface area contributed by atoms with Crippen molar-refractivity contribution in [1.82, 2.24) is 0 Å². The molecule has 1 aliphatic carbocycles. The van der Waals surface area contributed by atoms with Crippen LogP contribution in [-0.2, 0) is 11.8 Å². The van der Waals surface area contributed by atoms with Gasteiger partial charge < -0.3 is 5.11 Å². The quantitative estimate of drug-likeness (QED) is 0.746. The van der Waals surface area contributed by atoms with E-state index in [9.17, 15) is 5.11 Å². The van der Waals surface area contributed by atoms with Crippen LogP contribution < -0.4 is 0 Å². The van der Waals surface area contributed by atoms with Gasteiger partial charge in [0.15, 0.2) is 0 Å². The van der Waals surface area contributed by atoms with E-state index in [0.717, 1.165) is 38.0 Å². The number of hydrogen-bond donors (Lipinski definition) is 1. The van der Waals surface area contributed by atoms with Crippen LogP contribution in [0.15, 0.2) is 48.5 Å². The Morgan fingerprint density at radius 2 is 1.60 bits per heavy atom. The maximum atomic E-state index is 11.1. The lowest BCUT2D eigenvalue weighted by Gasteiger charge is -2.35. The summed E-state index contributed by atoms with van der Waals surface area (Å²) in [6.45, 7) is 8.99. The van der Waals surface area contributed by atoms with Crippen LogP contribution in [0.25, 0.3) is 0 Å². The molecule has 3 rings (SSSR count). The molecule has 1 nitrogen and oxygen atoms in total. The van der Waals surface area contributed by atoms with E-state index in [2.05, 4.69) is 76.2 Å². The van der Waals surface area contributed by atoms with Gasteiger partial charge in [-0.15, -0.1) is 0 Å². The average molecular weight is 336 g/mol. The molecule has 133 valence electrons. The van der Waals surface area contributed by atoms with Gasteiger partial charge in [0, 0.05) is 5.92 Å².